The first-order valence-electron chi connectivity index (χ1n) is 9.90. The van der Waals surface area contributed by atoms with Crippen LogP contribution in [-0.4, -0.2) is 49.9 Å². The molecule has 1 heterocycles. The lowest BCUT2D eigenvalue weighted by Crippen LogP contribution is -2.55. The molecule has 0 radical (unpaired) electrons. The van der Waals surface area contributed by atoms with E-state index in [1.807, 2.05) is 0 Å². The van der Waals surface area contributed by atoms with Gasteiger partial charge in [0.15, 0.2) is 0 Å². The molecule has 12 heteroatoms. The van der Waals surface area contributed by atoms with Gasteiger partial charge in [0.25, 0.3) is 0 Å². The fraction of sp³-hybridized carbons (Fsp3) is 0.429. The van der Waals surface area contributed by atoms with Gasteiger partial charge in [-0.15, -0.1) is 13.2 Å². The zero-order valence-electron chi connectivity index (χ0n) is 18.7. The van der Waals surface area contributed by atoms with E-state index in [1.54, 1.807) is 27.7 Å². The van der Waals surface area contributed by atoms with Crippen LogP contribution < -0.4 is 14.8 Å². The zero-order valence-corrected chi connectivity index (χ0v) is 18.7. The van der Waals surface area contributed by atoms with Crippen LogP contribution in [0, 0.1) is 6.92 Å². The SMILES string of the molecule is CC[C@H](C(=O)Nc1cnc(Oc2ccc(C)c(OC(F)(F)F)c2)nc1)N(C(=O)O)C(C)(C)C. The summed E-state index contributed by atoms with van der Waals surface area (Å²) < 4.78 is 46.9. The van der Waals surface area contributed by atoms with Gasteiger partial charge in [0.05, 0.1) is 18.1 Å². The van der Waals surface area contributed by atoms with Crippen molar-refractivity contribution in [1.29, 1.82) is 0 Å². The van der Waals surface area contributed by atoms with E-state index in [1.165, 1.54) is 31.5 Å². The lowest BCUT2D eigenvalue weighted by atomic mass is 10.0. The summed E-state index contributed by atoms with van der Waals surface area (Å²) in [5, 5.41) is 12.1. The molecule has 0 spiro atoms. The largest absolute Gasteiger partial charge is 0.573 e. The van der Waals surface area contributed by atoms with Crippen molar-refractivity contribution in [2.75, 3.05) is 5.32 Å². The summed E-state index contributed by atoms with van der Waals surface area (Å²) in [5.74, 6) is -0.958. The van der Waals surface area contributed by atoms with Crippen LogP contribution in [0.25, 0.3) is 0 Å². The second-order valence-corrected chi connectivity index (χ2v) is 8.07. The van der Waals surface area contributed by atoms with E-state index >= 15 is 0 Å². The number of benzene rings is 1. The van der Waals surface area contributed by atoms with E-state index in [9.17, 15) is 27.9 Å². The van der Waals surface area contributed by atoms with Gasteiger partial charge in [-0.3, -0.25) is 9.69 Å². The van der Waals surface area contributed by atoms with Crippen LogP contribution >= 0.6 is 0 Å². The first-order chi connectivity index (χ1) is 15.2. The van der Waals surface area contributed by atoms with Crippen molar-refractivity contribution in [3.63, 3.8) is 0 Å². The second-order valence-electron chi connectivity index (χ2n) is 8.07. The third-order valence-corrected chi connectivity index (χ3v) is 4.42. The molecule has 0 bridgehead atoms. The number of hydrogen-bond donors (Lipinski definition) is 2. The predicted octanol–water partition coefficient (Wildman–Crippen LogP) is 4.97. The van der Waals surface area contributed by atoms with Crippen LogP contribution in [-0.2, 0) is 4.79 Å². The topological polar surface area (TPSA) is 114 Å². The number of alkyl halides is 3. The van der Waals surface area contributed by atoms with Gasteiger partial charge in [-0.1, -0.05) is 13.0 Å². The first kappa shape index (κ1) is 25.7. The van der Waals surface area contributed by atoms with E-state index in [0.29, 0.717) is 0 Å². The molecule has 33 heavy (non-hydrogen) atoms. The Morgan fingerprint density at radius 1 is 1.18 bits per heavy atom. The summed E-state index contributed by atoms with van der Waals surface area (Å²) in [4.78, 5) is 33.3. The molecule has 2 aromatic rings. The fourth-order valence-corrected chi connectivity index (χ4v) is 3.02. The summed E-state index contributed by atoms with van der Waals surface area (Å²) in [6.45, 7) is 8.19. The quantitative estimate of drug-likeness (QED) is 0.587. The van der Waals surface area contributed by atoms with Crippen molar-refractivity contribution in [2.24, 2.45) is 0 Å². The number of carboxylic acid groups (broad SMARTS) is 1. The average Bonchev–Trinajstić information content (AvgIpc) is 2.67. The van der Waals surface area contributed by atoms with Crippen molar-refractivity contribution < 1.29 is 37.3 Å². The minimum atomic E-state index is -4.85. The lowest BCUT2D eigenvalue weighted by Gasteiger charge is -2.38. The van der Waals surface area contributed by atoms with Gasteiger partial charge in [0.2, 0.25) is 5.91 Å². The maximum absolute atomic E-state index is 12.7. The van der Waals surface area contributed by atoms with E-state index in [0.717, 1.165) is 11.0 Å². The molecular weight excluding hydrogens is 445 g/mol. The third kappa shape index (κ3) is 7.22. The van der Waals surface area contributed by atoms with Gasteiger partial charge in [0.1, 0.15) is 17.5 Å². The molecule has 9 nitrogen and oxygen atoms in total. The van der Waals surface area contributed by atoms with Gasteiger partial charge < -0.3 is 19.9 Å². The van der Waals surface area contributed by atoms with Crippen molar-refractivity contribution in [3.05, 3.63) is 36.2 Å². The number of aryl methyl sites for hydroxylation is 1. The number of rotatable bonds is 7. The normalized spacial score (nSPS) is 12.6. The number of carbonyl (C=O) groups is 2. The van der Waals surface area contributed by atoms with Crippen molar-refractivity contribution in [3.8, 4) is 17.5 Å². The fourth-order valence-electron chi connectivity index (χ4n) is 3.02. The van der Waals surface area contributed by atoms with Crippen LogP contribution in [0.4, 0.5) is 23.7 Å². The van der Waals surface area contributed by atoms with Crippen molar-refractivity contribution >= 4 is 17.7 Å². The highest BCUT2D eigenvalue weighted by Gasteiger charge is 2.36. The second kappa shape index (κ2) is 9.92. The number of carbonyl (C=O) groups excluding carboxylic acids is 1. The van der Waals surface area contributed by atoms with Crippen LogP contribution in [0.15, 0.2) is 30.6 Å². The Morgan fingerprint density at radius 2 is 1.79 bits per heavy atom. The van der Waals surface area contributed by atoms with Crippen molar-refractivity contribution in [2.45, 2.75) is 59.0 Å². The first-order valence-corrected chi connectivity index (χ1v) is 9.90. The highest BCUT2D eigenvalue weighted by atomic mass is 19.4. The molecule has 1 aromatic heterocycles. The molecule has 1 atom stereocenters. The Kier molecular flexibility index (Phi) is 7.72. The number of amides is 2. The number of halogens is 3. The number of nitrogens with zero attached hydrogens (tertiary/aromatic N) is 3. The number of aromatic nitrogens is 2. The lowest BCUT2D eigenvalue weighted by molar-refractivity contribution is -0.274. The minimum Gasteiger partial charge on any atom is -0.465 e. The summed E-state index contributed by atoms with van der Waals surface area (Å²) in [7, 11) is 0. The molecule has 0 aliphatic rings. The Bertz CT molecular complexity index is 991. The standard InChI is InChI=1S/C21H25F3N4O5/c1-6-15(28(19(30)31)20(3,4)5)17(29)27-13-10-25-18(26-11-13)32-14-8-7-12(2)16(9-14)33-21(22,23)24/h7-11,15H,6H2,1-5H3,(H,27,29)(H,30,31)/t15-/m1/s1. The highest BCUT2D eigenvalue weighted by Crippen LogP contribution is 2.31. The number of nitrogens with one attached hydrogen (secondary N) is 1. The van der Waals surface area contributed by atoms with Crippen LogP contribution in [0.2, 0.25) is 0 Å². The van der Waals surface area contributed by atoms with Gasteiger partial charge in [0, 0.05) is 11.6 Å². The van der Waals surface area contributed by atoms with Gasteiger partial charge in [-0.25, -0.2) is 14.8 Å². The van der Waals surface area contributed by atoms with E-state index in [4.69, 9.17) is 4.74 Å². The molecule has 0 saturated heterocycles. The molecule has 0 saturated carbocycles. The molecule has 2 amide bonds. The van der Waals surface area contributed by atoms with Gasteiger partial charge in [-0.05, 0) is 45.7 Å². The Labute approximate surface area is 188 Å². The summed E-state index contributed by atoms with van der Waals surface area (Å²) in [6.07, 6.45) is -3.36. The minimum absolute atomic E-state index is 0.0185. The zero-order chi connectivity index (χ0) is 25.0. The molecule has 2 rings (SSSR count). The van der Waals surface area contributed by atoms with E-state index in [2.05, 4.69) is 20.0 Å². The molecular formula is C21H25F3N4O5. The predicted molar refractivity (Wildman–Crippen MR) is 112 cm³/mol. The van der Waals surface area contributed by atoms with Crippen LogP contribution in [0.1, 0.15) is 39.7 Å². The summed E-state index contributed by atoms with van der Waals surface area (Å²) in [6, 6.07) is 2.75. The van der Waals surface area contributed by atoms with Crippen LogP contribution in [0.5, 0.6) is 17.5 Å². The number of ether oxygens (including phenoxy) is 2. The van der Waals surface area contributed by atoms with E-state index in [-0.39, 0.29) is 29.4 Å². The van der Waals surface area contributed by atoms with Gasteiger partial charge >= 0.3 is 18.5 Å². The molecule has 0 aliphatic heterocycles. The Morgan fingerprint density at radius 3 is 2.27 bits per heavy atom. The maximum Gasteiger partial charge on any atom is 0.573 e. The van der Waals surface area contributed by atoms with E-state index < -0.39 is 35.7 Å². The van der Waals surface area contributed by atoms with Crippen molar-refractivity contribution in [1.82, 2.24) is 14.9 Å². The summed E-state index contributed by atoms with van der Waals surface area (Å²) in [5.41, 5.74) is -0.356. The molecule has 0 fully saturated rings. The van der Waals surface area contributed by atoms with Gasteiger partial charge in [-0.2, -0.15) is 0 Å². The molecule has 1 aromatic carbocycles. The van der Waals surface area contributed by atoms with Crippen LogP contribution in [0.3, 0.4) is 0 Å². The Balaban J connectivity index is 2.12. The monoisotopic (exact) mass is 470 g/mol. The average molecular weight is 470 g/mol. The molecule has 2 N–H and O–H groups in total. The highest BCUT2D eigenvalue weighted by molar-refractivity contribution is 5.96. The molecule has 0 aliphatic carbocycles. The smallest absolute Gasteiger partial charge is 0.465 e. The third-order valence-electron chi connectivity index (χ3n) is 4.42. The Hall–Kier alpha value is -3.57. The number of anilines is 1. The molecule has 0 unspecified atom stereocenters. The summed E-state index contributed by atoms with van der Waals surface area (Å²) >= 11 is 0. The molecule has 180 valence electrons. The number of hydrogen-bond acceptors (Lipinski definition) is 6. The maximum atomic E-state index is 12.7.